The zero-order chi connectivity index (χ0) is 15.4. The second-order valence-corrected chi connectivity index (χ2v) is 6.72. The molecule has 0 saturated carbocycles. The predicted molar refractivity (Wildman–Crippen MR) is 84.0 cm³/mol. The molecule has 2 rings (SSSR count). The van der Waals surface area contributed by atoms with Gasteiger partial charge in [-0.15, -0.1) is 0 Å². The Kier molecular flexibility index (Phi) is 5.17. The predicted octanol–water partition coefficient (Wildman–Crippen LogP) is 3.89. The Labute approximate surface area is 128 Å². The van der Waals surface area contributed by atoms with Gasteiger partial charge in [-0.2, -0.15) is 0 Å². The highest BCUT2D eigenvalue weighted by Crippen LogP contribution is 2.31. The molecule has 5 heteroatoms. The van der Waals surface area contributed by atoms with Crippen LogP contribution in [-0.2, 0) is 6.54 Å². The van der Waals surface area contributed by atoms with Crippen molar-refractivity contribution in [1.29, 1.82) is 0 Å². The Hall–Kier alpha value is -1.62. The molecule has 1 aromatic carbocycles. The fourth-order valence-corrected chi connectivity index (χ4v) is 2.98. The highest BCUT2D eigenvalue weighted by molar-refractivity contribution is 7.99. The van der Waals surface area contributed by atoms with Gasteiger partial charge in [-0.25, -0.2) is 9.37 Å². The van der Waals surface area contributed by atoms with Gasteiger partial charge in [0.2, 0.25) is 0 Å². The summed E-state index contributed by atoms with van der Waals surface area (Å²) in [6.07, 6.45) is 3.37. The summed E-state index contributed by atoms with van der Waals surface area (Å²) in [4.78, 5) is 16.5. The van der Waals surface area contributed by atoms with Crippen molar-refractivity contribution in [3.05, 3.63) is 58.4 Å². The molecular formula is C16H19FN2OS. The summed E-state index contributed by atoms with van der Waals surface area (Å²) in [5.74, 6) is 0.144. The van der Waals surface area contributed by atoms with Gasteiger partial charge >= 0.3 is 0 Å². The third-order valence-electron chi connectivity index (χ3n) is 3.07. The number of benzene rings is 1. The third-order valence-corrected chi connectivity index (χ3v) is 4.20. The van der Waals surface area contributed by atoms with Gasteiger partial charge in [-0.05, 0) is 30.5 Å². The number of thioether (sulfide) groups is 1. The van der Waals surface area contributed by atoms with E-state index in [0.29, 0.717) is 17.5 Å². The summed E-state index contributed by atoms with van der Waals surface area (Å²) in [6.45, 7) is 6.81. The molecule has 0 unspecified atom stereocenters. The lowest BCUT2D eigenvalue weighted by molar-refractivity contribution is 0.502. The first-order valence-electron chi connectivity index (χ1n) is 6.95. The maximum Gasteiger partial charge on any atom is 0.283 e. The summed E-state index contributed by atoms with van der Waals surface area (Å²) in [7, 11) is 0. The monoisotopic (exact) mass is 306 g/mol. The molecule has 0 N–H and O–H groups in total. The van der Waals surface area contributed by atoms with E-state index >= 15 is 0 Å². The van der Waals surface area contributed by atoms with Gasteiger partial charge in [-0.1, -0.05) is 37.7 Å². The van der Waals surface area contributed by atoms with Crippen LogP contribution in [0.4, 0.5) is 4.39 Å². The van der Waals surface area contributed by atoms with E-state index in [1.807, 2.05) is 6.92 Å². The minimum atomic E-state index is -0.256. The fourth-order valence-electron chi connectivity index (χ4n) is 2.01. The quantitative estimate of drug-likeness (QED) is 0.786. The molecule has 1 aromatic heterocycles. The molecule has 0 radical (unpaired) electrons. The largest absolute Gasteiger partial charge is 0.311 e. The van der Waals surface area contributed by atoms with E-state index in [1.54, 1.807) is 29.1 Å². The van der Waals surface area contributed by atoms with Gasteiger partial charge in [0.1, 0.15) is 5.82 Å². The van der Waals surface area contributed by atoms with Gasteiger partial charge in [-0.3, -0.25) is 4.79 Å². The Bertz CT molecular complexity index is 652. The Balaban J connectivity index is 2.19. The van der Waals surface area contributed by atoms with E-state index in [0.717, 1.165) is 5.56 Å². The van der Waals surface area contributed by atoms with Crippen molar-refractivity contribution >= 4 is 11.8 Å². The second kappa shape index (κ2) is 6.89. The lowest BCUT2D eigenvalue weighted by atomic mass is 10.2. The molecule has 112 valence electrons. The van der Waals surface area contributed by atoms with Gasteiger partial charge in [0.05, 0.1) is 0 Å². The molecule has 1 heterocycles. The van der Waals surface area contributed by atoms with Gasteiger partial charge in [0, 0.05) is 24.2 Å². The average Bonchev–Trinajstić information content (AvgIpc) is 2.43. The van der Waals surface area contributed by atoms with Crippen molar-refractivity contribution in [1.82, 2.24) is 9.55 Å². The van der Waals surface area contributed by atoms with Crippen LogP contribution >= 0.6 is 11.8 Å². The standard InChI is InChI=1S/C16H19FN2OS/c1-11(2)10-19-9-8-18-15(16(19)20)21-12(3)13-4-6-14(17)7-5-13/h4-9,11-12H,10H2,1-3H3/t12-/m1/s1. The molecule has 0 aliphatic heterocycles. The van der Waals surface area contributed by atoms with E-state index < -0.39 is 0 Å². The van der Waals surface area contributed by atoms with Crippen molar-refractivity contribution in [3.63, 3.8) is 0 Å². The molecule has 0 aliphatic rings. The number of hydrogen-bond acceptors (Lipinski definition) is 3. The SMILES string of the molecule is CC(C)Cn1ccnc(S[C@H](C)c2ccc(F)cc2)c1=O. The van der Waals surface area contributed by atoms with Crippen LogP contribution < -0.4 is 5.56 Å². The number of halogens is 1. The van der Waals surface area contributed by atoms with Crippen molar-refractivity contribution < 1.29 is 4.39 Å². The molecule has 0 spiro atoms. The van der Waals surface area contributed by atoms with Crippen LogP contribution in [0.15, 0.2) is 46.5 Å². The summed E-state index contributed by atoms with van der Waals surface area (Å²) >= 11 is 1.40. The van der Waals surface area contributed by atoms with Crippen LogP contribution in [0.2, 0.25) is 0 Å². The summed E-state index contributed by atoms with van der Waals surface area (Å²) in [5, 5.41) is 0.524. The fraction of sp³-hybridized carbons (Fsp3) is 0.375. The molecule has 3 nitrogen and oxygen atoms in total. The van der Waals surface area contributed by atoms with Gasteiger partial charge in [0.15, 0.2) is 5.03 Å². The molecule has 2 aromatic rings. The third kappa shape index (κ3) is 4.17. The minimum Gasteiger partial charge on any atom is -0.311 e. The average molecular weight is 306 g/mol. The first-order chi connectivity index (χ1) is 9.97. The number of nitrogens with zero attached hydrogens (tertiary/aromatic N) is 2. The second-order valence-electron chi connectivity index (χ2n) is 5.40. The molecule has 1 atom stereocenters. The first kappa shape index (κ1) is 15.8. The molecule has 0 fully saturated rings. The maximum atomic E-state index is 12.9. The van der Waals surface area contributed by atoms with Crippen molar-refractivity contribution in [2.24, 2.45) is 5.92 Å². The smallest absolute Gasteiger partial charge is 0.283 e. The Morgan fingerprint density at radius 2 is 1.90 bits per heavy atom. The zero-order valence-electron chi connectivity index (χ0n) is 12.4. The highest BCUT2D eigenvalue weighted by Gasteiger charge is 2.13. The van der Waals surface area contributed by atoms with Crippen LogP contribution in [0, 0.1) is 11.7 Å². The normalized spacial score (nSPS) is 12.6. The van der Waals surface area contributed by atoms with Crippen LogP contribution in [0.25, 0.3) is 0 Å². The molecule has 0 saturated heterocycles. The summed E-state index contributed by atoms with van der Waals surface area (Å²) in [6, 6.07) is 6.34. The van der Waals surface area contributed by atoms with E-state index in [4.69, 9.17) is 0 Å². The lowest BCUT2D eigenvalue weighted by Gasteiger charge is -2.13. The van der Waals surface area contributed by atoms with Gasteiger partial charge in [0.25, 0.3) is 5.56 Å². The molecule has 0 amide bonds. The molecule has 21 heavy (non-hydrogen) atoms. The summed E-state index contributed by atoms with van der Waals surface area (Å²) < 4.78 is 14.6. The topological polar surface area (TPSA) is 34.9 Å². The van der Waals surface area contributed by atoms with Crippen LogP contribution in [-0.4, -0.2) is 9.55 Å². The van der Waals surface area contributed by atoms with E-state index in [1.165, 1.54) is 23.9 Å². The van der Waals surface area contributed by atoms with Crippen molar-refractivity contribution in [3.8, 4) is 0 Å². The van der Waals surface area contributed by atoms with Crippen molar-refractivity contribution in [2.75, 3.05) is 0 Å². The Morgan fingerprint density at radius 3 is 2.52 bits per heavy atom. The first-order valence-corrected chi connectivity index (χ1v) is 7.83. The van der Waals surface area contributed by atoms with E-state index in [-0.39, 0.29) is 16.6 Å². The van der Waals surface area contributed by atoms with Crippen LogP contribution in [0.5, 0.6) is 0 Å². The van der Waals surface area contributed by atoms with E-state index in [9.17, 15) is 9.18 Å². The van der Waals surface area contributed by atoms with Crippen molar-refractivity contribution in [2.45, 2.75) is 37.6 Å². The lowest BCUT2D eigenvalue weighted by Crippen LogP contribution is -2.24. The Morgan fingerprint density at radius 1 is 1.24 bits per heavy atom. The van der Waals surface area contributed by atoms with Crippen LogP contribution in [0.1, 0.15) is 31.6 Å². The molecule has 0 bridgehead atoms. The summed E-state index contributed by atoms with van der Waals surface area (Å²) in [5.41, 5.74) is 0.909. The molecule has 0 aliphatic carbocycles. The zero-order valence-corrected chi connectivity index (χ0v) is 13.2. The highest BCUT2D eigenvalue weighted by atomic mass is 32.2. The van der Waals surface area contributed by atoms with E-state index in [2.05, 4.69) is 18.8 Å². The number of aromatic nitrogens is 2. The van der Waals surface area contributed by atoms with Crippen LogP contribution in [0.3, 0.4) is 0 Å². The molecular weight excluding hydrogens is 287 g/mol. The minimum absolute atomic E-state index is 0.0423. The number of hydrogen-bond donors (Lipinski definition) is 0. The van der Waals surface area contributed by atoms with Gasteiger partial charge < -0.3 is 4.57 Å². The number of rotatable bonds is 5. The maximum absolute atomic E-state index is 12.9.